The molecule has 0 aliphatic rings. The molecule has 0 fully saturated rings. The smallest absolute Gasteiger partial charge is 0.157 e. The first-order valence-electron chi connectivity index (χ1n) is 4.78. The van der Waals surface area contributed by atoms with Crippen LogP contribution in [0.2, 0.25) is 5.15 Å². The van der Waals surface area contributed by atoms with Gasteiger partial charge in [-0.1, -0.05) is 11.6 Å². The maximum atomic E-state index is 5.78. The number of nitrogen functional groups attached to an aromatic ring is 1. The monoisotopic (exact) mass is 254 g/mol. The lowest BCUT2D eigenvalue weighted by atomic mass is 10.2. The molecule has 84 valence electrons. The highest BCUT2D eigenvalue weighted by atomic mass is 35.5. The van der Waals surface area contributed by atoms with Crippen molar-refractivity contribution in [3.8, 4) is 0 Å². The van der Waals surface area contributed by atoms with Crippen molar-refractivity contribution in [2.75, 3.05) is 17.6 Å². The molecule has 16 heavy (non-hydrogen) atoms. The molecule has 2 heterocycles. The predicted molar refractivity (Wildman–Crippen MR) is 68.0 cm³/mol. The molecule has 2 aromatic heterocycles. The fourth-order valence-electron chi connectivity index (χ4n) is 1.28. The van der Waals surface area contributed by atoms with Gasteiger partial charge in [0.1, 0.15) is 12.0 Å². The summed E-state index contributed by atoms with van der Waals surface area (Å²) >= 11 is 7.47. The van der Waals surface area contributed by atoms with E-state index in [4.69, 9.17) is 17.3 Å². The van der Waals surface area contributed by atoms with Crippen LogP contribution in [-0.2, 0) is 6.42 Å². The van der Waals surface area contributed by atoms with Crippen LogP contribution in [-0.4, -0.2) is 16.5 Å². The summed E-state index contributed by atoms with van der Waals surface area (Å²) in [6.07, 6.45) is 2.33. The molecule has 2 aromatic rings. The van der Waals surface area contributed by atoms with Crippen LogP contribution in [0.15, 0.2) is 23.2 Å². The molecular weight excluding hydrogens is 244 g/mol. The van der Waals surface area contributed by atoms with E-state index in [2.05, 4.69) is 32.1 Å². The summed E-state index contributed by atoms with van der Waals surface area (Å²) in [6.45, 7) is 0.772. The molecule has 0 saturated carbocycles. The van der Waals surface area contributed by atoms with E-state index < -0.39 is 0 Å². The minimum Gasteiger partial charge on any atom is -0.393 e. The summed E-state index contributed by atoms with van der Waals surface area (Å²) in [5.41, 5.74) is 7.42. The van der Waals surface area contributed by atoms with Gasteiger partial charge in [0.2, 0.25) is 0 Å². The van der Waals surface area contributed by atoms with Crippen molar-refractivity contribution in [2.45, 2.75) is 6.42 Å². The highest BCUT2D eigenvalue weighted by Gasteiger charge is 2.04. The molecule has 2 rings (SSSR count). The minimum absolute atomic E-state index is 0.285. The topological polar surface area (TPSA) is 63.8 Å². The fraction of sp³-hybridized carbons (Fsp3) is 0.200. The number of aromatic nitrogens is 2. The molecule has 0 aliphatic carbocycles. The first-order chi connectivity index (χ1) is 7.77. The minimum atomic E-state index is 0.285. The van der Waals surface area contributed by atoms with Gasteiger partial charge in [-0.3, -0.25) is 0 Å². The van der Waals surface area contributed by atoms with Crippen molar-refractivity contribution in [1.82, 2.24) is 9.97 Å². The number of nitrogens with two attached hydrogens (primary N) is 1. The second-order valence-electron chi connectivity index (χ2n) is 3.24. The van der Waals surface area contributed by atoms with Crippen LogP contribution in [0.1, 0.15) is 5.56 Å². The Morgan fingerprint density at radius 3 is 3.06 bits per heavy atom. The summed E-state index contributed by atoms with van der Waals surface area (Å²) in [4.78, 5) is 7.82. The van der Waals surface area contributed by atoms with Gasteiger partial charge in [0.15, 0.2) is 11.0 Å². The Morgan fingerprint density at radius 2 is 2.31 bits per heavy atom. The summed E-state index contributed by atoms with van der Waals surface area (Å²) in [5.74, 6) is 0.593. The van der Waals surface area contributed by atoms with Gasteiger partial charge in [-0.15, -0.1) is 0 Å². The number of rotatable bonds is 4. The molecule has 0 amide bonds. The van der Waals surface area contributed by atoms with Crippen LogP contribution < -0.4 is 11.1 Å². The van der Waals surface area contributed by atoms with E-state index in [0.29, 0.717) is 11.5 Å². The maximum absolute atomic E-state index is 5.78. The molecule has 3 N–H and O–H groups in total. The molecular formula is C10H11ClN4S. The molecule has 0 aliphatic heterocycles. The van der Waals surface area contributed by atoms with Crippen LogP contribution in [0.4, 0.5) is 11.5 Å². The zero-order valence-electron chi connectivity index (χ0n) is 8.48. The molecule has 0 saturated heterocycles. The molecule has 0 atom stereocenters. The molecule has 0 unspecified atom stereocenters. The van der Waals surface area contributed by atoms with Crippen LogP contribution in [0, 0.1) is 0 Å². The van der Waals surface area contributed by atoms with Crippen molar-refractivity contribution < 1.29 is 0 Å². The van der Waals surface area contributed by atoms with Crippen LogP contribution in [0.5, 0.6) is 0 Å². The Balaban J connectivity index is 1.92. The van der Waals surface area contributed by atoms with Crippen molar-refractivity contribution in [3.05, 3.63) is 33.9 Å². The van der Waals surface area contributed by atoms with E-state index in [0.717, 1.165) is 13.0 Å². The first kappa shape index (κ1) is 11.2. The lowest BCUT2D eigenvalue weighted by Gasteiger charge is -2.07. The van der Waals surface area contributed by atoms with Gasteiger partial charge in [-0.2, -0.15) is 11.3 Å². The second-order valence-corrected chi connectivity index (χ2v) is 4.37. The van der Waals surface area contributed by atoms with E-state index in [-0.39, 0.29) is 5.15 Å². The van der Waals surface area contributed by atoms with Gasteiger partial charge in [0, 0.05) is 6.54 Å². The summed E-state index contributed by atoms with van der Waals surface area (Å²) in [5, 5.41) is 7.61. The number of thiophene rings is 1. The van der Waals surface area contributed by atoms with E-state index in [1.54, 1.807) is 11.3 Å². The number of halogens is 1. The molecule has 0 aromatic carbocycles. The van der Waals surface area contributed by atoms with Crippen molar-refractivity contribution in [3.63, 3.8) is 0 Å². The largest absolute Gasteiger partial charge is 0.393 e. The fourth-order valence-corrected chi connectivity index (χ4v) is 2.11. The number of hydrogen-bond donors (Lipinski definition) is 2. The summed E-state index contributed by atoms with van der Waals surface area (Å²) < 4.78 is 0. The number of hydrogen-bond acceptors (Lipinski definition) is 5. The predicted octanol–water partition coefficient (Wildman–Crippen LogP) is 2.43. The first-order valence-corrected chi connectivity index (χ1v) is 6.10. The molecule has 4 nitrogen and oxygen atoms in total. The van der Waals surface area contributed by atoms with Crippen LogP contribution in [0.25, 0.3) is 0 Å². The van der Waals surface area contributed by atoms with Gasteiger partial charge in [-0.25, -0.2) is 9.97 Å². The number of anilines is 2. The molecule has 0 radical (unpaired) electrons. The maximum Gasteiger partial charge on any atom is 0.157 e. The SMILES string of the molecule is Nc1c(Cl)ncnc1NCCc1ccsc1. The Bertz CT molecular complexity index is 458. The third kappa shape index (κ3) is 2.62. The second kappa shape index (κ2) is 5.14. The van der Waals surface area contributed by atoms with Gasteiger partial charge >= 0.3 is 0 Å². The Morgan fingerprint density at radius 1 is 1.44 bits per heavy atom. The highest BCUT2D eigenvalue weighted by molar-refractivity contribution is 7.07. The van der Waals surface area contributed by atoms with E-state index >= 15 is 0 Å². The van der Waals surface area contributed by atoms with E-state index in [1.807, 2.05) is 0 Å². The summed E-state index contributed by atoms with van der Waals surface area (Å²) in [7, 11) is 0. The Kier molecular flexibility index (Phi) is 3.58. The average Bonchev–Trinajstić information content (AvgIpc) is 2.77. The number of nitrogens with one attached hydrogen (secondary N) is 1. The summed E-state index contributed by atoms with van der Waals surface area (Å²) in [6, 6.07) is 2.10. The third-order valence-electron chi connectivity index (χ3n) is 2.12. The quantitative estimate of drug-likeness (QED) is 0.823. The lowest BCUT2D eigenvalue weighted by Crippen LogP contribution is -2.08. The van der Waals surface area contributed by atoms with Crippen molar-refractivity contribution >= 4 is 34.4 Å². The average molecular weight is 255 g/mol. The Hall–Kier alpha value is -1.33. The highest BCUT2D eigenvalue weighted by Crippen LogP contribution is 2.21. The van der Waals surface area contributed by atoms with Crippen molar-refractivity contribution in [2.24, 2.45) is 0 Å². The van der Waals surface area contributed by atoms with Gasteiger partial charge < -0.3 is 11.1 Å². The molecule has 0 bridgehead atoms. The van der Waals surface area contributed by atoms with E-state index in [1.165, 1.54) is 11.9 Å². The third-order valence-corrected chi connectivity index (χ3v) is 3.15. The van der Waals surface area contributed by atoms with Gasteiger partial charge in [-0.05, 0) is 28.8 Å². The lowest BCUT2D eigenvalue weighted by molar-refractivity contribution is 1.01. The molecule has 6 heteroatoms. The zero-order valence-corrected chi connectivity index (χ0v) is 10.1. The standard InChI is InChI=1S/C10H11ClN4S/c11-9-8(12)10(15-6-14-9)13-3-1-7-2-4-16-5-7/h2,4-6H,1,3,12H2,(H,13,14,15). The van der Waals surface area contributed by atoms with Gasteiger partial charge in [0.05, 0.1) is 0 Å². The van der Waals surface area contributed by atoms with Crippen LogP contribution in [0.3, 0.4) is 0 Å². The molecule has 0 spiro atoms. The zero-order chi connectivity index (χ0) is 11.4. The normalized spacial score (nSPS) is 10.3. The van der Waals surface area contributed by atoms with Crippen molar-refractivity contribution in [1.29, 1.82) is 0 Å². The van der Waals surface area contributed by atoms with Crippen LogP contribution >= 0.6 is 22.9 Å². The van der Waals surface area contributed by atoms with E-state index in [9.17, 15) is 0 Å². The Labute approximate surface area is 102 Å². The van der Waals surface area contributed by atoms with Gasteiger partial charge in [0.25, 0.3) is 0 Å². The number of nitrogens with zero attached hydrogens (tertiary/aromatic N) is 2.